The summed E-state index contributed by atoms with van der Waals surface area (Å²) in [5.74, 6) is 0.507. The molecule has 28 heavy (non-hydrogen) atoms. The van der Waals surface area contributed by atoms with Crippen LogP contribution in [0.4, 0.5) is 14.6 Å². The molecule has 0 bridgehead atoms. The van der Waals surface area contributed by atoms with Gasteiger partial charge in [0.2, 0.25) is 0 Å². The lowest BCUT2D eigenvalue weighted by atomic mass is 9.96. The molecule has 0 saturated heterocycles. The molecule has 0 saturated carbocycles. The lowest BCUT2D eigenvalue weighted by Crippen LogP contribution is -2.32. The van der Waals surface area contributed by atoms with Gasteiger partial charge in [-0.3, -0.25) is 4.79 Å². The number of amides is 1. The molecule has 2 aromatic heterocycles. The van der Waals surface area contributed by atoms with Gasteiger partial charge in [-0.25, -0.2) is 13.5 Å². The second kappa shape index (κ2) is 7.46. The smallest absolute Gasteiger partial charge is 0.260 e. The Labute approximate surface area is 160 Å². The minimum absolute atomic E-state index is 0.183. The topological polar surface area (TPSA) is 72.1 Å². The molecule has 1 aromatic carbocycles. The second-order valence-corrected chi connectivity index (χ2v) is 6.86. The maximum absolute atomic E-state index is 13.7. The Morgan fingerprint density at radius 1 is 1.36 bits per heavy atom. The first kappa shape index (κ1) is 18.2. The van der Waals surface area contributed by atoms with Crippen molar-refractivity contribution in [2.75, 3.05) is 5.32 Å². The number of benzene rings is 1. The molecule has 0 spiro atoms. The van der Waals surface area contributed by atoms with Crippen molar-refractivity contribution >= 4 is 11.7 Å². The summed E-state index contributed by atoms with van der Waals surface area (Å²) in [6, 6.07) is 9.75. The van der Waals surface area contributed by atoms with Gasteiger partial charge in [0.1, 0.15) is 23.2 Å². The molecule has 1 amide bonds. The fourth-order valence-corrected chi connectivity index (χ4v) is 3.39. The molecule has 2 atom stereocenters. The number of nitrogens with one attached hydrogen (secondary N) is 2. The Kier molecular flexibility index (Phi) is 4.85. The van der Waals surface area contributed by atoms with Gasteiger partial charge in [-0.1, -0.05) is 29.8 Å². The molecule has 3 heterocycles. The van der Waals surface area contributed by atoms with Gasteiger partial charge in [-0.2, -0.15) is 5.10 Å². The van der Waals surface area contributed by atoms with Crippen LogP contribution < -0.4 is 10.6 Å². The first-order valence-corrected chi connectivity index (χ1v) is 9.02. The zero-order valence-corrected chi connectivity index (χ0v) is 15.2. The summed E-state index contributed by atoms with van der Waals surface area (Å²) >= 11 is 0. The van der Waals surface area contributed by atoms with Crippen molar-refractivity contribution in [3.8, 4) is 0 Å². The van der Waals surface area contributed by atoms with Crippen LogP contribution >= 0.6 is 0 Å². The Morgan fingerprint density at radius 3 is 2.82 bits per heavy atom. The van der Waals surface area contributed by atoms with Crippen LogP contribution in [0, 0.1) is 6.92 Å². The van der Waals surface area contributed by atoms with Crippen LogP contribution in [0.15, 0.2) is 53.3 Å². The molecule has 3 aromatic rings. The monoisotopic (exact) mass is 386 g/mol. The van der Waals surface area contributed by atoms with Crippen LogP contribution in [0.25, 0.3) is 0 Å². The number of furan rings is 1. The third kappa shape index (κ3) is 3.49. The van der Waals surface area contributed by atoms with E-state index in [1.54, 1.807) is 12.1 Å². The van der Waals surface area contributed by atoms with Crippen LogP contribution in [-0.4, -0.2) is 22.1 Å². The summed E-state index contributed by atoms with van der Waals surface area (Å²) in [6.45, 7) is 2.17. The van der Waals surface area contributed by atoms with E-state index in [1.807, 2.05) is 31.2 Å². The minimum Gasteiger partial charge on any atom is -0.467 e. The summed E-state index contributed by atoms with van der Waals surface area (Å²) < 4.78 is 33.8. The van der Waals surface area contributed by atoms with E-state index in [0.717, 1.165) is 11.1 Å². The van der Waals surface area contributed by atoms with Gasteiger partial charge >= 0.3 is 0 Å². The van der Waals surface area contributed by atoms with E-state index >= 15 is 0 Å². The van der Waals surface area contributed by atoms with Crippen LogP contribution in [0.5, 0.6) is 0 Å². The molecule has 8 heteroatoms. The van der Waals surface area contributed by atoms with Crippen molar-refractivity contribution in [1.29, 1.82) is 0 Å². The number of hydrogen-bond acceptors (Lipinski definition) is 4. The standard InChI is InChI=1S/C20H20F2N4O2/c1-12-4-6-13(7-5-12)16-9-17(18(21)22)26-19(25-16)15(11-24-26)20(27)23-10-14-3-2-8-28-14/h2-8,11,16-18,25H,9-10H2,1H3,(H,23,27)/t16-,17+/m0/s1. The molecule has 2 N–H and O–H groups in total. The summed E-state index contributed by atoms with van der Waals surface area (Å²) in [5, 5.41) is 10.0. The van der Waals surface area contributed by atoms with Gasteiger partial charge in [-0.05, 0) is 31.0 Å². The average Bonchev–Trinajstić information content (AvgIpc) is 3.35. The Morgan fingerprint density at radius 2 is 2.14 bits per heavy atom. The van der Waals surface area contributed by atoms with Crippen LogP contribution in [0.1, 0.15) is 45.7 Å². The van der Waals surface area contributed by atoms with Crippen molar-refractivity contribution in [2.24, 2.45) is 0 Å². The molecule has 146 valence electrons. The van der Waals surface area contributed by atoms with Crippen molar-refractivity contribution < 1.29 is 18.0 Å². The van der Waals surface area contributed by atoms with E-state index in [9.17, 15) is 13.6 Å². The number of anilines is 1. The zero-order chi connectivity index (χ0) is 19.7. The fourth-order valence-electron chi connectivity index (χ4n) is 3.39. The summed E-state index contributed by atoms with van der Waals surface area (Å²) in [5.41, 5.74) is 2.22. The molecule has 4 rings (SSSR count). The van der Waals surface area contributed by atoms with Gasteiger partial charge in [0, 0.05) is 0 Å². The number of carbonyl (C=O) groups is 1. The van der Waals surface area contributed by atoms with Crippen molar-refractivity contribution in [1.82, 2.24) is 15.1 Å². The maximum Gasteiger partial charge on any atom is 0.260 e. The molecule has 0 unspecified atom stereocenters. The van der Waals surface area contributed by atoms with Crippen LogP contribution in [0.3, 0.4) is 0 Å². The highest BCUT2D eigenvalue weighted by Crippen LogP contribution is 2.39. The van der Waals surface area contributed by atoms with Gasteiger partial charge in [0.15, 0.2) is 0 Å². The number of halogens is 2. The summed E-state index contributed by atoms with van der Waals surface area (Å²) in [7, 11) is 0. The van der Waals surface area contributed by atoms with Crippen molar-refractivity contribution in [3.05, 3.63) is 71.3 Å². The first-order chi connectivity index (χ1) is 13.5. The normalized spacial score (nSPS) is 18.6. The van der Waals surface area contributed by atoms with Gasteiger partial charge < -0.3 is 15.1 Å². The van der Waals surface area contributed by atoms with Crippen molar-refractivity contribution in [2.45, 2.75) is 38.4 Å². The number of hydrogen-bond donors (Lipinski definition) is 2. The summed E-state index contributed by atoms with van der Waals surface area (Å²) in [4.78, 5) is 12.6. The van der Waals surface area contributed by atoms with E-state index in [4.69, 9.17) is 4.42 Å². The quantitative estimate of drug-likeness (QED) is 0.693. The zero-order valence-electron chi connectivity index (χ0n) is 15.2. The second-order valence-electron chi connectivity index (χ2n) is 6.86. The average molecular weight is 386 g/mol. The Hall–Kier alpha value is -3.16. The first-order valence-electron chi connectivity index (χ1n) is 9.02. The predicted molar refractivity (Wildman–Crippen MR) is 99.3 cm³/mol. The highest BCUT2D eigenvalue weighted by atomic mass is 19.3. The maximum atomic E-state index is 13.7. The molecule has 0 aliphatic carbocycles. The van der Waals surface area contributed by atoms with Gasteiger partial charge in [-0.15, -0.1) is 0 Å². The largest absolute Gasteiger partial charge is 0.467 e. The van der Waals surface area contributed by atoms with E-state index < -0.39 is 18.4 Å². The van der Waals surface area contributed by atoms with E-state index in [1.165, 1.54) is 17.1 Å². The third-order valence-corrected chi connectivity index (χ3v) is 4.92. The molecule has 0 radical (unpaired) electrons. The predicted octanol–water partition coefficient (Wildman–Crippen LogP) is 4.08. The number of alkyl halides is 2. The minimum atomic E-state index is -2.59. The van der Waals surface area contributed by atoms with E-state index in [-0.39, 0.29) is 24.6 Å². The van der Waals surface area contributed by atoms with Gasteiger partial charge in [0.05, 0.1) is 25.0 Å². The fraction of sp³-hybridized carbons (Fsp3) is 0.300. The van der Waals surface area contributed by atoms with Crippen molar-refractivity contribution in [3.63, 3.8) is 0 Å². The molecule has 1 aliphatic heterocycles. The summed E-state index contributed by atoms with van der Waals surface area (Å²) in [6.07, 6.45) is 0.438. The SMILES string of the molecule is Cc1ccc([C@@H]2C[C@H](C(F)F)n3ncc(C(=O)NCc4ccco4)c3N2)cc1. The highest BCUT2D eigenvalue weighted by molar-refractivity contribution is 5.98. The molecular weight excluding hydrogens is 366 g/mol. The Bertz CT molecular complexity index is 951. The lowest BCUT2D eigenvalue weighted by molar-refractivity contribution is 0.0656. The number of aromatic nitrogens is 2. The molecule has 0 fully saturated rings. The third-order valence-electron chi connectivity index (χ3n) is 4.92. The number of nitrogens with zero attached hydrogens (tertiary/aromatic N) is 2. The Balaban J connectivity index is 1.60. The number of fused-ring (bicyclic) bond motifs is 1. The van der Waals surface area contributed by atoms with Crippen LogP contribution in [-0.2, 0) is 6.54 Å². The van der Waals surface area contributed by atoms with Gasteiger partial charge in [0.25, 0.3) is 12.3 Å². The van der Waals surface area contributed by atoms with Crippen LogP contribution in [0.2, 0.25) is 0 Å². The lowest BCUT2D eigenvalue weighted by Gasteiger charge is -2.32. The van der Waals surface area contributed by atoms with E-state index in [0.29, 0.717) is 11.6 Å². The number of rotatable bonds is 5. The number of aryl methyl sites for hydroxylation is 1. The van der Waals surface area contributed by atoms with E-state index in [2.05, 4.69) is 15.7 Å². The molecule has 6 nitrogen and oxygen atoms in total. The molecule has 1 aliphatic rings. The highest BCUT2D eigenvalue weighted by Gasteiger charge is 2.36. The number of carbonyl (C=O) groups excluding carboxylic acids is 1. The molecular formula is C20H20F2N4O2.